The number of nitrogens with zero attached hydrogens (tertiary/aromatic N) is 2. The van der Waals surface area contributed by atoms with Gasteiger partial charge in [-0.3, -0.25) is 19.2 Å². The lowest BCUT2D eigenvalue weighted by Gasteiger charge is -2.15. The van der Waals surface area contributed by atoms with Gasteiger partial charge in [0.05, 0.1) is 39.7 Å². The Balaban J connectivity index is 0.000000281. The fourth-order valence-electron chi connectivity index (χ4n) is 5.21. The molecule has 4 aromatic rings. The van der Waals surface area contributed by atoms with Crippen LogP contribution in [0.25, 0.3) is 0 Å². The van der Waals surface area contributed by atoms with E-state index in [4.69, 9.17) is 18.9 Å². The van der Waals surface area contributed by atoms with E-state index < -0.39 is 9.84 Å². The maximum atomic E-state index is 12.7. The van der Waals surface area contributed by atoms with E-state index in [0.717, 1.165) is 23.4 Å². The SMILES string of the molecule is COc1ccc(C(=O)Cn2c(C)cc(=O)cc2C)cc1OCCS(C)(=O)=O.COc1ccc(C(=O)Cn2c(C)cc(=O)cc2C)cc1OCCSC. The second-order valence-electron chi connectivity index (χ2n) is 12.0. The van der Waals surface area contributed by atoms with Crippen molar-refractivity contribution in [2.45, 2.75) is 40.8 Å². The Hall–Kier alpha value is -4.82. The molecule has 0 saturated carbocycles. The predicted octanol–water partition coefficient (Wildman–Crippen LogP) is 4.88. The lowest BCUT2D eigenvalue weighted by molar-refractivity contribution is 0.0962. The largest absolute Gasteiger partial charge is 0.493 e. The number of thioether (sulfide) groups is 1. The molecule has 0 bridgehead atoms. The molecule has 14 heteroatoms. The number of carbonyl (C=O) groups excluding carboxylic acids is 2. The fraction of sp³-hybridized carbons (Fsp3) is 0.368. The van der Waals surface area contributed by atoms with E-state index in [1.807, 2.05) is 24.7 Å². The van der Waals surface area contributed by atoms with Crippen molar-refractivity contribution < 1.29 is 37.0 Å². The van der Waals surface area contributed by atoms with Gasteiger partial charge in [-0.2, -0.15) is 11.8 Å². The van der Waals surface area contributed by atoms with Crippen LogP contribution in [-0.4, -0.2) is 80.6 Å². The number of carbonyl (C=O) groups is 2. The van der Waals surface area contributed by atoms with E-state index in [0.29, 0.717) is 52.1 Å². The van der Waals surface area contributed by atoms with E-state index in [2.05, 4.69) is 0 Å². The van der Waals surface area contributed by atoms with Gasteiger partial charge >= 0.3 is 0 Å². The Morgan fingerprint density at radius 3 is 1.37 bits per heavy atom. The van der Waals surface area contributed by atoms with Crippen LogP contribution >= 0.6 is 11.8 Å². The molecule has 0 spiro atoms. The van der Waals surface area contributed by atoms with Crippen molar-refractivity contribution in [1.29, 1.82) is 0 Å². The summed E-state index contributed by atoms with van der Waals surface area (Å²) in [4.78, 5) is 48.4. The molecule has 0 N–H and O–H groups in total. The molecule has 0 aliphatic rings. The minimum atomic E-state index is -3.16. The molecule has 0 aliphatic heterocycles. The zero-order valence-electron chi connectivity index (χ0n) is 30.8. The Bertz CT molecular complexity index is 2070. The zero-order chi connectivity index (χ0) is 38.6. The van der Waals surface area contributed by atoms with Gasteiger partial charge in [-0.15, -0.1) is 0 Å². The fourth-order valence-corrected chi connectivity index (χ4v) is 5.84. The highest BCUT2D eigenvalue weighted by atomic mass is 32.2. The Labute approximate surface area is 308 Å². The Morgan fingerprint density at radius 2 is 1.02 bits per heavy atom. The summed E-state index contributed by atoms with van der Waals surface area (Å²) < 4.78 is 47.8. The number of pyridine rings is 2. The minimum absolute atomic E-state index is 0.0369. The van der Waals surface area contributed by atoms with Crippen LogP contribution in [0.2, 0.25) is 0 Å². The average Bonchev–Trinajstić information content (AvgIpc) is 3.07. The molecule has 0 saturated heterocycles. The van der Waals surface area contributed by atoms with Crippen molar-refractivity contribution in [3.63, 3.8) is 0 Å². The van der Waals surface area contributed by atoms with Crippen LogP contribution < -0.4 is 29.8 Å². The van der Waals surface area contributed by atoms with Crippen LogP contribution in [0.5, 0.6) is 23.0 Å². The van der Waals surface area contributed by atoms with Crippen molar-refractivity contribution >= 4 is 33.2 Å². The number of aryl methyl sites for hydroxylation is 4. The van der Waals surface area contributed by atoms with Gasteiger partial charge in [0, 0.05) is 70.2 Å². The topological polar surface area (TPSA) is 149 Å². The summed E-state index contributed by atoms with van der Waals surface area (Å²) in [7, 11) is -0.115. The predicted molar refractivity (Wildman–Crippen MR) is 204 cm³/mol. The highest BCUT2D eigenvalue weighted by molar-refractivity contribution is 7.98. The van der Waals surface area contributed by atoms with E-state index >= 15 is 0 Å². The molecule has 0 fully saturated rings. The molecule has 0 radical (unpaired) electrons. The number of benzene rings is 2. The number of hydrogen-bond donors (Lipinski definition) is 0. The zero-order valence-corrected chi connectivity index (χ0v) is 32.4. The van der Waals surface area contributed by atoms with Crippen LogP contribution in [0.15, 0.2) is 70.3 Å². The van der Waals surface area contributed by atoms with Crippen LogP contribution in [0, 0.1) is 27.7 Å². The first-order chi connectivity index (χ1) is 24.6. The number of hydrogen-bond acceptors (Lipinski definition) is 11. The minimum Gasteiger partial charge on any atom is -0.493 e. The summed E-state index contributed by atoms with van der Waals surface area (Å²) in [5.41, 5.74) is 3.75. The third-order valence-electron chi connectivity index (χ3n) is 7.94. The number of aromatic nitrogens is 2. The number of sulfone groups is 1. The summed E-state index contributed by atoms with van der Waals surface area (Å²) in [5, 5.41) is 0. The molecule has 2 aromatic heterocycles. The summed E-state index contributed by atoms with van der Waals surface area (Å²) in [6.45, 7) is 7.96. The quantitative estimate of drug-likeness (QED) is 0.114. The molecular weight excluding hydrogens is 709 g/mol. The Kier molecular flexibility index (Phi) is 15.3. The van der Waals surface area contributed by atoms with E-state index in [1.165, 1.54) is 37.4 Å². The van der Waals surface area contributed by atoms with Crippen molar-refractivity contribution in [1.82, 2.24) is 9.13 Å². The van der Waals surface area contributed by atoms with Gasteiger partial charge in [-0.05, 0) is 70.3 Å². The molecule has 2 heterocycles. The molecule has 2 aromatic carbocycles. The number of Topliss-reactive ketones (excluding diaryl/α,β-unsaturated/α-hetero) is 2. The molecular formula is C38H46N2O10S2. The summed E-state index contributed by atoms with van der Waals surface area (Å²) >= 11 is 1.69. The first kappa shape index (κ1) is 41.6. The molecule has 0 amide bonds. The van der Waals surface area contributed by atoms with Gasteiger partial charge in [0.15, 0.2) is 55.3 Å². The van der Waals surface area contributed by atoms with E-state index in [-0.39, 0.29) is 47.9 Å². The standard InChI is InChI=1S/C19H23NO6S.C19H23NO4S/c1-13-9-16(21)10-14(2)20(13)12-17(22)15-5-6-18(25-3)19(11-15)26-7-8-27(4,23)24;1-13-9-16(21)10-14(2)20(13)12-17(22)15-5-6-18(23-3)19(11-15)24-7-8-25-4/h5-6,9-11H,7-8,12H2,1-4H3;5-6,9-11H,7-8,12H2,1-4H3. The highest BCUT2D eigenvalue weighted by Gasteiger charge is 2.16. The summed E-state index contributed by atoms with van der Waals surface area (Å²) in [5.74, 6) is 2.40. The number of methoxy groups -OCH3 is 2. The normalized spacial score (nSPS) is 10.9. The van der Waals surface area contributed by atoms with Crippen LogP contribution in [0.1, 0.15) is 43.5 Å². The molecule has 0 aliphatic carbocycles. The maximum absolute atomic E-state index is 12.7. The van der Waals surface area contributed by atoms with Crippen molar-refractivity contribution in [2.75, 3.05) is 51.5 Å². The first-order valence-electron chi connectivity index (χ1n) is 16.3. The van der Waals surface area contributed by atoms with E-state index in [1.54, 1.807) is 67.6 Å². The molecule has 0 atom stereocenters. The monoisotopic (exact) mass is 754 g/mol. The number of ketones is 2. The Morgan fingerprint density at radius 1 is 0.635 bits per heavy atom. The molecule has 280 valence electrons. The second kappa shape index (κ2) is 19.1. The van der Waals surface area contributed by atoms with E-state index in [9.17, 15) is 27.6 Å². The van der Waals surface area contributed by atoms with Gasteiger partial charge in [0.2, 0.25) is 0 Å². The second-order valence-corrected chi connectivity index (χ2v) is 15.3. The van der Waals surface area contributed by atoms with Gasteiger partial charge < -0.3 is 28.1 Å². The lowest BCUT2D eigenvalue weighted by atomic mass is 10.1. The smallest absolute Gasteiger partial charge is 0.182 e. The van der Waals surface area contributed by atoms with Crippen molar-refractivity contribution in [3.8, 4) is 23.0 Å². The van der Waals surface area contributed by atoms with Gasteiger partial charge in [0.1, 0.15) is 6.61 Å². The van der Waals surface area contributed by atoms with Crippen molar-refractivity contribution in [3.05, 3.63) is 115 Å². The average molecular weight is 755 g/mol. The van der Waals surface area contributed by atoms with Gasteiger partial charge in [0.25, 0.3) is 0 Å². The van der Waals surface area contributed by atoms with Crippen molar-refractivity contribution in [2.24, 2.45) is 0 Å². The lowest BCUT2D eigenvalue weighted by Crippen LogP contribution is -2.18. The molecule has 0 unspecified atom stereocenters. The van der Waals surface area contributed by atoms with Crippen LogP contribution in [0.3, 0.4) is 0 Å². The third-order valence-corrected chi connectivity index (χ3v) is 9.42. The third kappa shape index (κ3) is 12.2. The summed E-state index contributed by atoms with van der Waals surface area (Å²) in [6, 6.07) is 16.0. The van der Waals surface area contributed by atoms with Crippen LogP contribution in [0.4, 0.5) is 0 Å². The van der Waals surface area contributed by atoms with Gasteiger partial charge in [-0.25, -0.2) is 8.42 Å². The van der Waals surface area contributed by atoms with Gasteiger partial charge in [-0.1, -0.05) is 0 Å². The maximum Gasteiger partial charge on any atom is 0.182 e. The highest BCUT2D eigenvalue weighted by Crippen LogP contribution is 2.30. The molecule has 4 rings (SSSR count). The number of rotatable bonds is 16. The first-order valence-corrected chi connectivity index (χ1v) is 19.7. The molecule has 52 heavy (non-hydrogen) atoms. The molecule has 12 nitrogen and oxygen atoms in total. The van der Waals surface area contributed by atoms with Crippen LogP contribution in [-0.2, 0) is 22.9 Å². The number of ether oxygens (including phenoxy) is 4. The summed E-state index contributed by atoms with van der Waals surface area (Å²) in [6.07, 6.45) is 3.14.